The summed E-state index contributed by atoms with van der Waals surface area (Å²) in [5.74, 6) is 0.537. The molecule has 0 saturated heterocycles. The molecule has 0 fully saturated rings. The molecule has 1 atom stereocenters. The molecule has 2 heterocycles. The average Bonchev–Trinajstić information content (AvgIpc) is 2.99. The Kier molecular flexibility index (Phi) is 4.49. The van der Waals surface area contributed by atoms with Crippen molar-refractivity contribution >= 4 is 54.2 Å². The zero-order chi connectivity index (χ0) is 15.0. The van der Waals surface area contributed by atoms with Gasteiger partial charge in [-0.1, -0.05) is 6.92 Å². The van der Waals surface area contributed by atoms with Gasteiger partial charge < -0.3 is 9.73 Å². The Morgan fingerprint density at radius 2 is 2.10 bits per heavy atom. The molecule has 0 aliphatic heterocycles. The molecule has 1 aromatic carbocycles. The third-order valence-electron chi connectivity index (χ3n) is 3.14. The molecule has 2 aromatic heterocycles. The number of thiophene rings is 1. The van der Waals surface area contributed by atoms with Gasteiger partial charge in [0.1, 0.15) is 23.2 Å². The average molecular weight is 433 g/mol. The van der Waals surface area contributed by atoms with Crippen molar-refractivity contribution in [3.8, 4) is 0 Å². The van der Waals surface area contributed by atoms with Gasteiger partial charge in [0.2, 0.25) is 0 Å². The van der Waals surface area contributed by atoms with Crippen molar-refractivity contribution in [3.05, 3.63) is 55.0 Å². The molecule has 3 rings (SSSR count). The number of fused-ring (bicyclic) bond motifs is 1. The van der Waals surface area contributed by atoms with Crippen LogP contribution in [0.1, 0.15) is 23.6 Å². The predicted molar refractivity (Wildman–Crippen MR) is 91.4 cm³/mol. The molecule has 0 aliphatic carbocycles. The van der Waals surface area contributed by atoms with Crippen LogP contribution in [-0.2, 0) is 0 Å². The van der Waals surface area contributed by atoms with E-state index in [1.807, 2.05) is 13.0 Å². The summed E-state index contributed by atoms with van der Waals surface area (Å²) in [6.07, 6.45) is 0. The van der Waals surface area contributed by atoms with Crippen LogP contribution >= 0.6 is 43.2 Å². The lowest BCUT2D eigenvalue weighted by molar-refractivity contribution is 0.480. The van der Waals surface area contributed by atoms with E-state index in [4.69, 9.17) is 4.42 Å². The molecule has 0 bridgehead atoms. The van der Waals surface area contributed by atoms with Crippen molar-refractivity contribution in [1.29, 1.82) is 0 Å². The summed E-state index contributed by atoms with van der Waals surface area (Å²) in [6.45, 7) is 2.86. The largest absolute Gasteiger partial charge is 0.459 e. The van der Waals surface area contributed by atoms with Crippen LogP contribution in [0.4, 0.5) is 4.39 Å². The van der Waals surface area contributed by atoms with Crippen LogP contribution in [0.5, 0.6) is 0 Å². The van der Waals surface area contributed by atoms with Crippen LogP contribution in [0.3, 0.4) is 0 Å². The number of benzene rings is 1. The highest BCUT2D eigenvalue weighted by Gasteiger charge is 2.21. The Labute approximate surface area is 142 Å². The lowest BCUT2D eigenvalue weighted by atomic mass is 10.1. The van der Waals surface area contributed by atoms with E-state index in [1.165, 1.54) is 12.1 Å². The number of nitrogens with one attached hydrogen (secondary N) is 1. The van der Waals surface area contributed by atoms with Gasteiger partial charge in [-0.3, -0.25) is 0 Å². The van der Waals surface area contributed by atoms with Gasteiger partial charge >= 0.3 is 0 Å². The fourth-order valence-corrected chi connectivity index (χ4v) is 4.40. The molecule has 2 nitrogen and oxygen atoms in total. The SMILES string of the molecule is CCNC(c1cc2cc(F)ccc2o1)c1cc(Br)c(Br)s1. The number of hydrogen-bond donors (Lipinski definition) is 1. The summed E-state index contributed by atoms with van der Waals surface area (Å²) in [7, 11) is 0. The van der Waals surface area contributed by atoms with Crippen LogP contribution in [0.2, 0.25) is 0 Å². The second-order valence-electron chi connectivity index (χ2n) is 4.59. The smallest absolute Gasteiger partial charge is 0.134 e. The third-order valence-corrected chi connectivity index (χ3v) is 6.46. The Bertz CT molecular complexity index is 764. The molecule has 0 saturated carbocycles. The minimum atomic E-state index is -0.253. The van der Waals surface area contributed by atoms with E-state index in [0.29, 0.717) is 5.58 Å². The minimum Gasteiger partial charge on any atom is -0.459 e. The zero-order valence-corrected chi connectivity index (χ0v) is 15.1. The normalized spacial score (nSPS) is 13.0. The van der Waals surface area contributed by atoms with E-state index < -0.39 is 0 Å². The second-order valence-corrected chi connectivity index (χ2v) is 7.85. The summed E-state index contributed by atoms with van der Waals surface area (Å²) in [6, 6.07) is 8.49. The van der Waals surface area contributed by atoms with E-state index >= 15 is 0 Å². The quantitative estimate of drug-likeness (QED) is 0.558. The Hall–Kier alpha value is -0.690. The van der Waals surface area contributed by atoms with Gasteiger partial charge in [0.25, 0.3) is 0 Å². The first kappa shape index (κ1) is 15.2. The van der Waals surface area contributed by atoms with E-state index in [2.05, 4.69) is 43.2 Å². The summed E-state index contributed by atoms with van der Waals surface area (Å²) in [5.41, 5.74) is 0.698. The monoisotopic (exact) mass is 431 g/mol. The molecule has 1 N–H and O–H groups in total. The van der Waals surface area contributed by atoms with Crippen molar-refractivity contribution in [2.75, 3.05) is 6.54 Å². The Balaban J connectivity index is 2.06. The van der Waals surface area contributed by atoms with Crippen molar-refractivity contribution in [2.24, 2.45) is 0 Å². The van der Waals surface area contributed by atoms with Crippen LogP contribution in [0.25, 0.3) is 11.0 Å². The summed E-state index contributed by atoms with van der Waals surface area (Å²) in [5, 5.41) is 4.19. The van der Waals surface area contributed by atoms with E-state index in [0.717, 1.165) is 30.8 Å². The highest BCUT2D eigenvalue weighted by atomic mass is 79.9. The van der Waals surface area contributed by atoms with Gasteiger partial charge in [0.05, 0.1) is 3.79 Å². The molecule has 1 unspecified atom stereocenters. The number of furan rings is 1. The van der Waals surface area contributed by atoms with E-state index in [1.54, 1.807) is 17.4 Å². The minimum absolute atomic E-state index is 0.0435. The maximum absolute atomic E-state index is 13.3. The third kappa shape index (κ3) is 3.08. The van der Waals surface area contributed by atoms with Crippen molar-refractivity contribution in [3.63, 3.8) is 0 Å². The fraction of sp³-hybridized carbons (Fsp3) is 0.200. The lowest BCUT2D eigenvalue weighted by Crippen LogP contribution is -2.20. The Morgan fingerprint density at radius 3 is 2.76 bits per heavy atom. The van der Waals surface area contributed by atoms with Crippen molar-refractivity contribution in [1.82, 2.24) is 5.32 Å². The van der Waals surface area contributed by atoms with Crippen molar-refractivity contribution < 1.29 is 8.81 Å². The first-order valence-electron chi connectivity index (χ1n) is 6.45. The van der Waals surface area contributed by atoms with Gasteiger partial charge in [0.15, 0.2) is 0 Å². The van der Waals surface area contributed by atoms with Crippen LogP contribution in [0.15, 0.2) is 43.0 Å². The molecule has 0 aliphatic rings. The van der Waals surface area contributed by atoms with Crippen molar-refractivity contribution in [2.45, 2.75) is 13.0 Å². The number of rotatable bonds is 4. The maximum Gasteiger partial charge on any atom is 0.134 e. The highest BCUT2D eigenvalue weighted by molar-refractivity contribution is 9.13. The number of halogens is 3. The lowest BCUT2D eigenvalue weighted by Gasteiger charge is -2.13. The molecule has 0 spiro atoms. The molecule has 6 heteroatoms. The van der Waals surface area contributed by atoms with E-state index in [9.17, 15) is 4.39 Å². The summed E-state index contributed by atoms with van der Waals surface area (Å²) >= 11 is 8.67. The van der Waals surface area contributed by atoms with Gasteiger partial charge in [-0.2, -0.15) is 0 Å². The van der Waals surface area contributed by atoms with E-state index in [-0.39, 0.29) is 11.9 Å². The predicted octanol–water partition coefficient (Wildman–Crippen LogP) is 5.86. The molecular weight excluding hydrogens is 421 g/mol. The van der Waals surface area contributed by atoms with Crippen LogP contribution in [0, 0.1) is 5.82 Å². The van der Waals surface area contributed by atoms with Crippen LogP contribution < -0.4 is 5.32 Å². The molecule has 3 aromatic rings. The van der Waals surface area contributed by atoms with Crippen LogP contribution in [-0.4, -0.2) is 6.54 Å². The highest BCUT2D eigenvalue weighted by Crippen LogP contribution is 2.38. The zero-order valence-electron chi connectivity index (χ0n) is 11.1. The molecule has 0 radical (unpaired) electrons. The molecular formula is C15H12Br2FNOS. The Morgan fingerprint density at radius 1 is 1.29 bits per heavy atom. The summed E-state index contributed by atoms with van der Waals surface area (Å²) in [4.78, 5) is 1.13. The molecule has 110 valence electrons. The van der Waals surface area contributed by atoms with Gasteiger partial charge in [-0.25, -0.2) is 4.39 Å². The van der Waals surface area contributed by atoms with Gasteiger partial charge in [-0.05, 0) is 68.7 Å². The molecule has 21 heavy (non-hydrogen) atoms. The maximum atomic E-state index is 13.3. The van der Waals surface area contributed by atoms with Gasteiger partial charge in [0, 0.05) is 14.7 Å². The first-order chi connectivity index (χ1) is 10.1. The topological polar surface area (TPSA) is 25.2 Å². The summed E-state index contributed by atoms with van der Waals surface area (Å²) < 4.78 is 21.3. The molecule has 0 amide bonds. The standard InChI is InChI=1S/C15H12Br2FNOS/c1-2-19-14(13-7-10(16)15(17)21-13)12-6-8-5-9(18)3-4-11(8)20-12/h3-7,14,19H,2H2,1H3. The van der Waals surface area contributed by atoms with Gasteiger partial charge in [-0.15, -0.1) is 11.3 Å². The fourth-order valence-electron chi connectivity index (χ4n) is 2.23. The number of hydrogen-bond acceptors (Lipinski definition) is 3. The second kappa shape index (κ2) is 6.20. The first-order valence-corrected chi connectivity index (χ1v) is 8.86.